The highest BCUT2D eigenvalue weighted by atomic mass is 15.3. The Bertz CT molecular complexity index is 335. The average Bonchev–Trinajstić information content (AvgIpc) is 2.38. The molecule has 1 aromatic carbocycles. The number of nitrogens with one attached hydrogen (secondary N) is 2. The third-order valence-corrected chi connectivity index (χ3v) is 2.58. The molecule has 0 saturated carbocycles. The van der Waals surface area contributed by atoms with E-state index in [9.17, 15) is 0 Å². The second kappa shape index (κ2) is 7.68. The third-order valence-electron chi connectivity index (χ3n) is 2.58. The maximum absolute atomic E-state index is 5.48. The summed E-state index contributed by atoms with van der Waals surface area (Å²) in [6.07, 6.45) is 3.23. The quantitative estimate of drug-likeness (QED) is 0.317. The van der Waals surface area contributed by atoms with E-state index in [1.165, 1.54) is 0 Å². The molecule has 0 saturated heterocycles. The first-order chi connectivity index (χ1) is 8.30. The minimum Gasteiger partial charge on any atom is -0.325 e. The van der Waals surface area contributed by atoms with Crippen LogP contribution in [0.15, 0.2) is 35.3 Å². The van der Waals surface area contributed by atoms with E-state index >= 15 is 0 Å². The number of nitrogens with zero attached hydrogens (tertiary/aromatic N) is 1. The molecule has 1 unspecified atom stereocenters. The van der Waals surface area contributed by atoms with Crippen LogP contribution >= 0.6 is 0 Å². The maximum Gasteiger partial charge on any atom is 0.210 e. The second-order valence-electron chi connectivity index (χ2n) is 3.96. The average molecular weight is 234 g/mol. The van der Waals surface area contributed by atoms with Gasteiger partial charge in [0.15, 0.2) is 0 Å². The van der Waals surface area contributed by atoms with Crippen molar-refractivity contribution in [1.29, 1.82) is 0 Å². The van der Waals surface area contributed by atoms with Crippen LogP contribution in [0.25, 0.3) is 0 Å². The molecule has 0 amide bonds. The number of rotatable bonds is 5. The molecule has 0 aliphatic carbocycles. The molecular weight excluding hydrogens is 212 g/mol. The van der Waals surface area contributed by atoms with Crippen LogP contribution in [-0.2, 0) is 0 Å². The molecule has 0 radical (unpaired) electrons. The summed E-state index contributed by atoms with van der Waals surface area (Å²) in [5.41, 5.74) is 3.59. The molecule has 94 valence electrons. The fraction of sp³-hybridized carbons (Fsp3) is 0.462. The van der Waals surface area contributed by atoms with Gasteiger partial charge in [0.05, 0.1) is 6.04 Å². The summed E-state index contributed by atoms with van der Waals surface area (Å²) in [5.74, 6) is 6.10. The van der Waals surface area contributed by atoms with E-state index in [2.05, 4.69) is 29.6 Å². The number of hydrazine groups is 1. The molecule has 1 atom stereocenters. The molecule has 17 heavy (non-hydrogen) atoms. The standard InChI is InChI=1S/C13H22N4/c1-3-8-11(4-2)15-13(17-14)16-12-9-6-5-7-10-12/h5-7,9-11H,3-4,8,14H2,1-2H3,(H2,15,16,17). The first kappa shape index (κ1) is 13.5. The lowest BCUT2D eigenvalue weighted by molar-refractivity contribution is 0.586. The van der Waals surface area contributed by atoms with E-state index in [0.29, 0.717) is 12.0 Å². The summed E-state index contributed by atoms with van der Waals surface area (Å²) in [5, 5.41) is 3.17. The van der Waals surface area contributed by atoms with Crippen molar-refractivity contribution in [2.45, 2.75) is 39.2 Å². The number of hydrogen-bond donors (Lipinski definition) is 3. The predicted molar refractivity (Wildman–Crippen MR) is 73.8 cm³/mol. The Labute approximate surface area is 103 Å². The lowest BCUT2D eigenvalue weighted by Crippen LogP contribution is -2.37. The first-order valence-corrected chi connectivity index (χ1v) is 6.16. The van der Waals surface area contributed by atoms with Gasteiger partial charge in [-0.05, 0) is 25.0 Å². The van der Waals surface area contributed by atoms with Gasteiger partial charge in [-0.3, -0.25) is 5.43 Å². The Morgan fingerprint density at radius 3 is 2.53 bits per heavy atom. The van der Waals surface area contributed by atoms with Gasteiger partial charge in [0.2, 0.25) is 5.96 Å². The van der Waals surface area contributed by atoms with Gasteiger partial charge >= 0.3 is 0 Å². The molecule has 0 aromatic heterocycles. The van der Waals surface area contributed by atoms with E-state index in [0.717, 1.165) is 24.9 Å². The van der Waals surface area contributed by atoms with Crippen molar-refractivity contribution in [3.05, 3.63) is 30.3 Å². The molecule has 0 aliphatic rings. The van der Waals surface area contributed by atoms with Crippen molar-refractivity contribution in [1.82, 2.24) is 5.43 Å². The van der Waals surface area contributed by atoms with Crippen molar-refractivity contribution >= 4 is 11.6 Å². The van der Waals surface area contributed by atoms with Crippen LogP contribution in [-0.4, -0.2) is 12.0 Å². The van der Waals surface area contributed by atoms with Crippen LogP contribution in [0.1, 0.15) is 33.1 Å². The minimum absolute atomic E-state index is 0.322. The molecule has 1 aromatic rings. The summed E-state index contributed by atoms with van der Waals surface area (Å²) in [6, 6.07) is 10.2. The number of para-hydroxylation sites is 1. The number of anilines is 1. The summed E-state index contributed by atoms with van der Waals surface area (Å²) >= 11 is 0. The van der Waals surface area contributed by atoms with E-state index in [4.69, 9.17) is 5.84 Å². The topological polar surface area (TPSA) is 62.4 Å². The summed E-state index contributed by atoms with van der Waals surface area (Å²) in [4.78, 5) is 4.57. The molecule has 4 nitrogen and oxygen atoms in total. The Hall–Kier alpha value is -1.55. The van der Waals surface area contributed by atoms with Gasteiger partial charge in [-0.15, -0.1) is 0 Å². The second-order valence-corrected chi connectivity index (χ2v) is 3.96. The van der Waals surface area contributed by atoms with E-state index in [1.807, 2.05) is 30.3 Å². The van der Waals surface area contributed by atoms with Crippen LogP contribution in [0.4, 0.5) is 5.69 Å². The van der Waals surface area contributed by atoms with Gasteiger partial charge in [0, 0.05) is 5.69 Å². The third kappa shape index (κ3) is 4.87. The van der Waals surface area contributed by atoms with Crippen molar-refractivity contribution in [2.75, 3.05) is 5.32 Å². The highest BCUT2D eigenvalue weighted by Crippen LogP contribution is 2.08. The lowest BCUT2D eigenvalue weighted by atomic mass is 10.1. The minimum atomic E-state index is 0.322. The highest BCUT2D eigenvalue weighted by Gasteiger charge is 2.05. The zero-order chi connectivity index (χ0) is 12.5. The van der Waals surface area contributed by atoms with Crippen molar-refractivity contribution in [2.24, 2.45) is 10.8 Å². The first-order valence-electron chi connectivity index (χ1n) is 6.16. The number of benzene rings is 1. The van der Waals surface area contributed by atoms with Gasteiger partial charge in [-0.1, -0.05) is 38.5 Å². The maximum atomic E-state index is 5.48. The SMILES string of the molecule is CCCC(CC)N=C(NN)Nc1ccccc1. The zero-order valence-corrected chi connectivity index (χ0v) is 10.6. The largest absolute Gasteiger partial charge is 0.325 e. The van der Waals surface area contributed by atoms with Crippen molar-refractivity contribution < 1.29 is 0 Å². The van der Waals surface area contributed by atoms with Gasteiger partial charge in [0.1, 0.15) is 0 Å². The Balaban J connectivity index is 2.67. The highest BCUT2D eigenvalue weighted by molar-refractivity contribution is 5.93. The molecular formula is C13H22N4. The smallest absolute Gasteiger partial charge is 0.210 e. The molecule has 0 aliphatic heterocycles. The monoisotopic (exact) mass is 234 g/mol. The van der Waals surface area contributed by atoms with Gasteiger partial charge in [-0.2, -0.15) is 0 Å². The molecule has 1 rings (SSSR count). The van der Waals surface area contributed by atoms with Crippen LogP contribution < -0.4 is 16.6 Å². The number of hydrogen-bond acceptors (Lipinski definition) is 2. The van der Waals surface area contributed by atoms with Crippen LogP contribution in [0, 0.1) is 0 Å². The van der Waals surface area contributed by atoms with E-state index < -0.39 is 0 Å². The zero-order valence-electron chi connectivity index (χ0n) is 10.6. The van der Waals surface area contributed by atoms with Gasteiger partial charge in [-0.25, -0.2) is 10.8 Å². The van der Waals surface area contributed by atoms with Gasteiger partial charge < -0.3 is 5.32 Å². The van der Waals surface area contributed by atoms with Crippen LogP contribution in [0.3, 0.4) is 0 Å². The number of guanidine groups is 1. The number of nitrogens with two attached hydrogens (primary N) is 1. The Morgan fingerprint density at radius 2 is 2.00 bits per heavy atom. The fourth-order valence-corrected chi connectivity index (χ4v) is 1.64. The fourth-order valence-electron chi connectivity index (χ4n) is 1.64. The Morgan fingerprint density at radius 1 is 1.29 bits per heavy atom. The lowest BCUT2D eigenvalue weighted by Gasteiger charge is -2.13. The van der Waals surface area contributed by atoms with E-state index in [1.54, 1.807) is 0 Å². The van der Waals surface area contributed by atoms with E-state index in [-0.39, 0.29) is 0 Å². The molecule has 4 N–H and O–H groups in total. The van der Waals surface area contributed by atoms with Crippen LogP contribution in [0.5, 0.6) is 0 Å². The molecule has 0 heterocycles. The normalized spacial score (nSPS) is 13.2. The Kier molecular flexibility index (Phi) is 6.10. The van der Waals surface area contributed by atoms with Crippen molar-refractivity contribution in [3.63, 3.8) is 0 Å². The molecule has 4 heteroatoms. The predicted octanol–water partition coefficient (Wildman–Crippen LogP) is 2.50. The number of aliphatic imine (C=N–C) groups is 1. The summed E-state index contributed by atoms with van der Waals surface area (Å²) < 4.78 is 0. The molecule has 0 spiro atoms. The molecule has 0 fully saturated rings. The summed E-state index contributed by atoms with van der Waals surface area (Å²) in [6.45, 7) is 4.30. The van der Waals surface area contributed by atoms with Crippen molar-refractivity contribution in [3.8, 4) is 0 Å². The van der Waals surface area contributed by atoms with Gasteiger partial charge in [0.25, 0.3) is 0 Å². The molecule has 0 bridgehead atoms. The van der Waals surface area contributed by atoms with Crippen LogP contribution in [0.2, 0.25) is 0 Å². The summed E-state index contributed by atoms with van der Waals surface area (Å²) in [7, 11) is 0.